The third-order valence-corrected chi connectivity index (χ3v) is 8.10. The minimum atomic E-state index is -0.769. The number of para-hydroxylation sites is 1. The van der Waals surface area contributed by atoms with E-state index in [-0.39, 0.29) is 18.0 Å². The Labute approximate surface area is 273 Å². The number of nitrogens with one attached hydrogen (secondary N) is 3. The van der Waals surface area contributed by atoms with Crippen molar-refractivity contribution >= 4 is 40.2 Å². The van der Waals surface area contributed by atoms with E-state index in [0.717, 1.165) is 35.1 Å². The number of likely N-dealkylation sites (tertiary alicyclic amines) is 1. The van der Waals surface area contributed by atoms with Gasteiger partial charge in [-0.25, -0.2) is 4.79 Å². The highest BCUT2D eigenvalue weighted by Gasteiger charge is 2.31. The molecule has 0 spiro atoms. The van der Waals surface area contributed by atoms with Crippen molar-refractivity contribution in [3.63, 3.8) is 0 Å². The molecular formula is C37H37N5O5. The lowest BCUT2D eigenvalue weighted by Crippen LogP contribution is -2.35. The Morgan fingerprint density at radius 2 is 1.49 bits per heavy atom. The van der Waals surface area contributed by atoms with Crippen LogP contribution < -0.4 is 20.7 Å². The number of nitrogens with zero attached hydrogens (tertiary/aromatic N) is 2. The molecule has 4 aromatic carbocycles. The Morgan fingerprint density at radius 3 is 2.13 bits per heavy atom. The molecule has 1 aliphatic heterocycles. The van der Waals surface area contributed by atoms with Gasteiger partial charge in [-0.3, -0.25) is 14.5 Å². The van der Waals surface area contributed by atoms with Crippen LogP contribution >= 0.6 is 0 Å². The van der Waals surface area contributed by atoms with Gasteiger partial charge in [-0.1, -0.05) is 18.2 Å². The van der Waals surface area contributed by atoms with Crippen LogP contribution in [-0.4, -0.2) is 51.1 Å². The van der Waals surface area contributed by atoms with Crippen LogP contribution in [0.3, 0.4) is 0 Å². The van der Waals surface area contributed by atoms with E-state index in [2.05, 4.69) is 32.8 Å². The lowest BCUT2D eigenvalue weighted by Gasteiger charge is -2.20. The van der Waals surface area contributed by atoms with Crippen LogP contribution in [-0.2, 0) is 11.3 Å². The number of rotatable bonds is 10. The number of carboxylic acid groups (broad SMARTS) is 1. The molecule has 0 aliphatic carbocycles. The van der Waals surface area contributed by atoms with Crippen molar-refractivity contribution < 1.29 is 24.2 Å². The molecule has 0 bridgehead atoms. The first-order valence-electron chi connectivity index (χ1n) is 15.7. The monoisotopic (exact) mass is 631 g/mol. The van der Waals surface area contributed by atoms with E-state index in [1.165, 1.54) is 0 Å². The summed E-state index contributed by atoms with van der Waals surface area (Å²) < 4.78 is 8.00. The zero-order chi connectivity index (χ0) is 32.9. The molecule has 4 N–H and O–H groups in total. The average Bonchev–Trinajstić information content (AvgIpc) is 3.68. The van der Waals surface area contributed by atoms with Gasteiger partial charge in [0.15, 0.2) is 0 Å². The van der Waals surface area contributed by atoms with Crippen LogP contribution in [0.5, 0.6) is 11.5 Å². The van der Waals surface area contributed by atoms with Gasteiger partial charge in [-0.15, -0.1) is 0 Å². The van der Waals surface area contributed by atoms with Crippen molar-refractivity contribution in [1.29, 1.82) is 0 Å². The summed E-state index contributed by atoms with van der Waals surface area (Å²) in [5, 5.41) is 19.2. The van der Waals surface area contributed by atoms with Crippen molar-refractivity contribution in [2.75, 3.05) is 17.2 Å². The van der Waals surface area contributed by atoms with Crippen LogP contribution in [0.1, 0.15) is 42.6 Å². The molecule has 0 radical (unpaired) electrons. The number of carbonyl (C=O) groups excluding carboxylic acids is 2. The number of aromatic nitrogens is 1. The molecule has 1 fully saturated rings. The second-order valence-electron chi connectivity index (χ2n) is 11.9. The number of hydrogen-bond donors (Lipinski definition) is 4. The SMILES string of the molecule is CC(C)NC(=O)Nc1ccc(Oc2ccc(NC(=O)c3ccc(-n4cc(CN5CCCC5C(=O)O)c5ccccc54)cc3)cc2)cc1. The van der Waals surface area contributed by atoms with Gasteiger partial charge in [0.25, 0.3) is 5.91 Å². The zero-order valence-corrected chi connectivity index (χ0v) is 26.3. The van der Waals surface area contributed by atoms with Gasteiger partial charge >= 0.3 is 12.0 Å². The van der Waals surface area contributed by atoms with Gasteiger partial charge < -0.3 is 30.4 Å². The molecular weight excluding hydrogens is 594 g/mol. The molecule has 240 valence electrons. The standard InChI is InChI=1S/C37H37N5O5/c1-24(2)38-37(46)40-28-13-19-31(20-14-28)47-30-17-11-27(12-18-30)39-35(43)25-9-15-29(16-10-25)42-23-26(32-6-3-4-7-33(32)42)22-41-21-5-8-34(41)36(44)45/h3-4,6-7,9-20,23-24,34H,5,8,21-22H2,1-2H3,(H,39,43)(H,44,45)(H2,38,40,46). The molecule has 10 heteroatoms. The number of anilines is 2. The van der Waals surface area contributed by atoms with Crippen LogP contribution in [0, 0.1) is 0 Å². The molecule has 47 heavy (non-hydrogen) atoms. The summed E-state index contributed by atoms with van der Waals surface area (Å²) in [4.78, 5) is 38.7. The number of ether oxygens (including phenoxy) is 1. The van der Waals surface area contributed by atoms with Crippen LogP contribution in [0.2, 0.25) is 0 Å². The third kappa shape index (κ3) is 7.45. The fourth-order valence-corrected chi connectivity index (χ4v) is 5.86. The molecule has 6 rings (SSSR count). The number of carbonyl (C=O) groups is 3. The van der Waals surface area contributed by atoms with E-state index in [1.807, 2.05) is 49.1 Å². The molecule has 10 nitrogen and oxygen atoms in total. The molecule has 1 aromatic heterocycles. The summed E-state index contributed by atoms with van der Waals surface area (Å²) >= 11 is 0. The van der Waals surface area contributed by atoms with E-state index in [4.69, 9.17) is 4.74 Å². The molecule has 1 aliphatic rings. The van der Waals surface area contributed by atoms with Gasteiger partial charge in [-0.05, 0) is 118 Å². The van der Waals surface area contributed by atoms with Crippen LogP contribution in [0.25, 0.3) is 16.6 Å². The lowest BCUT2D eigenvalue weighted by molar-refractivity contribution is -0.142. The average molecular weight is 632 g/mol. The smallest absolute Gasteiger partial charge is 0.320 e. The number of aliphatic carboxylic acids is 1. The van der Waals surface area contributed by atoms with Crippen molar-refractivity contribution in [1.82, 2.24) is 14.8 Å². The number of fused-ring (bicyclic) bond motifs is 1. The summed E-state index contributed by atoms with van der Waals surface area (Å²) in [6.45, 7) is 5.12. The summed E-state index contributed by atoms with van der Waals surface area (Å²) in [7, 11) is 0. The van der Waals surface area contributed by atoms with E-state index < -0.39 is 12.0 Å². The quantitative estimate of drug-likeness (QED) is 0.129. The fourth-order valence-electron chi connectivity index (χ4n) is 5.86. The summed E-state index contributed by atoms with van der Waals surface area (Å²) in [6, 6.07) is 29.0. The number of benzene rings is 4. The maximum absolute atomic E-state index is 13.1. The first-order valence-corrected chi connectivity index (χ1v) is 15.7. The first kappa shape index (κ1) is 31.4. The van der Waals surface area contributed by atoms with Crippen molar-refractivity contribution in [2.45, 2.75) is 45.3 Å². The number of urea groups is 1. The van der Waals surface area contributed by atoms with Gasteiger partial charge in [-0.2, -0.15) is 0 Å². The maximum Gasteiger partial charge on any atom is 0.320 e. The molecule has 5 aromatic rings. The maximum atomic E-state index is 13.1. The van der Waals surface area contributed by atoms with Crippen LogP contribution in [0.15, 0.2) is 103 Å². The topological polar surface area (TPSA) is 125 Å². The molecule has 1 saturated heterocycles. The van der Waals surface area contributed by atoms with E-state index in [1.54, 1.807) is 60.7 Å². The molecule has 1 unspecified atom stereocenters. The minimum absolute atomic E-state index is 0.0413. The normalized spacial score (nSPS) is 14.7. The van der Waals surface area contributed by atoms with E-state index in [0.29, 0.717) is 41.4 Å². The lowest BCUT2D eigenvalue weighted by atomic mass is 10.1. The van der Waals surface area contributed by atoms with Crippen LogP contribution in [0.4, 0.5) is 16.2 Å². The van der Waals surface area contributed by atoms with Gasteiger partial charge in [0.2, 0.25) is 0 Å². The van der Waals surface area contributed by atoms with Crippen molar-refractivity contribution in [3.8, 4) is 17.2 Å². The second-order valence-corrected chi connectivity index (χ2v) is 11.9. The van der Waals surface area contributed by atoms with Gasteiger partial charge in [0.05, 0.1) is 5.52 Å². The summed E-state index contributed by atoms with van der Waals surface area (Å²) in [5.41, 5.74) is 4.80. The summed E-state index contributed by atoms with van der Waals surface area (Å²) in [6.07, 6.45) is 3.62. The number of hydrogen-bond acceptors (Lipinski definition) is 5. The van der Waals surface area contributed by atoms with E-state index in [9.17, 15) is 19.5 Å². The predicted octanol–water partition coefficient (Wildman–Crippen LogP) is 7.25. The van der Waals surface area contributed by atoms with Crippen molar-refractivity contribution in [2.24, 2.45) is 0 Å². The highest BCUT2D eigenvalue weighted by Crippen LogP contribution is 2.29. The largest absolute Gasteiger partial charge is 0.480 e. The Bertz CT molecular complexity index is 1880. The highest BCUT2D eigenvalue weighted by molar-refractivity contribution is 6.04. The predicted molar refractivity (Wildman–Crippen MR) is 183 cm³/mol. The van der Waals surface area contributed by atoms with Crippen molar-refractivity contribution in [3.05, 3.63) is 114 Å². The molecule has 0 saturated carbocycles. The van der Waals surface area contributed by atoms with E-state index >= 15 is 0 Å². The molecule has 2 heterocycles. The zero-order valence-electron chi connectivity index (χ0n) is 26.3. The Kier molecular flexibility index (Phi) is 9.21. The van der Waals surface area contributed by atoms with Gasteiger partial charge in [0, 0.05) is 46.8 Å². The first-order chi connectivity index (χ1) is 22.7. The fraction of sp³-hybridized carbons (Fsp3) is 0.216. The third-order valence-electron chi connectivity index (χ3n) is 8.10. The molecule has 3 amide bonds. The Hall–Kier alpha value is -5.61. The van der Waals surface area contributed by atoms with Gasteiger partial charge in [0.1, 0.15) is 17.5 Å². The minimum Gasteiger partial charge on any atom is -0.480 e. The Balaban J connectivity index is 1.08. The Morgan fingerprint density at radius 1 is 0.851 bits per heavy atom. The number of carboxylic acids is 1. The molecule has 1 atom stereocenters. The number of amides is 3. The summed E-state index contributed by atoms with van der Waals surface area (Å²) in [5.74, 6) is 0.211. The highest BCUT2D eigenvalue weighted by atomic mass is 16.5. The second kappa shape index (κ2) is 13.8.